The van der Waals surface area contributed by atoms with Crippen LogP contribution in [-0.4, -0.2) is 20.7 Å². The molecule has 0 bridgehead atoms. The van der Waals surface area contributed by atoms with Crippen molar-refractivity contribution < 1.29 is 4.79 Å². The Morgan fingerprint density at radius 1 is 1.40 bits per heavy atom. The van der Waals surface area contributed by atoms with Crippen LogP contribution in [0.25, 0.3) is 0 Å². The Balaban J connectivity index is 2.04. The molecule has 0 aromatic carbocycles. The second-order valence-corrected chi connectivity index (χ2v) is 4.55. The molecule has 1 unspecified atom stereocenters. The van der Waals surface area contributed by atoms with E-state index in [1.54, 1.807) is 12.4 Å². The van der Waals surface area contributed by atoms with Crippen LogP contribution in [0.1, 0.15) is 32.5 Å². The third-order valence-electron chi connectivity index (χ3n) is 2.94. The van der Waals surface area contributed by atoms with Gasteiger partial charge in [0.15, 0.2) is 0 Å². The topological polar surface area (TPSA) is 71.8 Å². The van der Waals surface area contributed by atoms with Gasteiger partial charge in [-0.3, -0.25) is 9.48 Å². The van der Waals surface area contributed by atoms with Gasteiger partial charge in [-0.05, 0) is 32.0 Å². The molecule has 2 rings (SSSR count). The summed E-state index contributed by atoms with van der Waals surface area (Å²) in [6, 6.07) is 5.76. The van der Waals surface area contributed by atoms with Crippen molar-refractivity contribution in [2.24, 2.45) is 0 Å². The van der Waals surface area contributed by atoms with Crippen LogP contribution in [0.4, 0.5) is 11.5 Å². The summed E-state index contributed by atoms with van der Waals surface area (Å²) in [7, 11) is 0. The lowest BCUT2D eigenvalue weighted by atomic mass is 10.2. The number of aromatic nitrogens is 3. The third-order valence-corrected chi connectivity index (χ3v) is 2.94. The molecule has 0 saturated heterocycles. The van der Waals surface area contributed by atoms with Gasteiger partial charge in [0.05, 0.1) is 23.6 Å². The lowest BCUT2D eigenvalue weighted by molar-refractivity contribution is -0.114. The summed E-state index contributed by atoms with van der Waals surface area (Å²) in [6.07, 6.45) is 3.43. The standard InChI is InChI=1S/C14H19N5O/c1-4-19-13(7-8-16-19)10(2)17-14-6-5-12(9-15-14)18-11(3)20/h5-10H,4H2,1-3H3,(H,15,17)(H,18,20). The zero-order valence-electron chi connectivity index (χ0n) is 11.9. The second kappa shape index (κ2) is 6.18. The van der Waals surface area contributed by atoms with Gasteiger partial charge in [-0.15, -0.1) is 0 Å². The number of aryl methyl sites for hydroxylation is 1. The molecule has 2 aromatic heterocycles. The van der Waals surface area contributed by atoms with Crippen molar-refractivity contribution in [3.05, 3.63) is 36.3 Å². The molecule has 0 aliphatic heterocycles. The molecule has 20 heavy (non-hydrogen) atoms. The van der Waals surface area contributed by atoms with Crippen LogP contribution in [0, 0.1) is 0 Å². The minimum atomic E-state index is -0.104. The van der Waals surface area contributed by atoms with Gasteiger partial charge >= 0.3 is 0 Å². The van der Waals surface area contributed by atoms with Crippen LogP contribution in [0.2, 0.25) is 0 Å². The molecule has 0 saturated carbocycles. The van der Waals surface area contributed by atoms with Crippen LogP contribution in [-0.2, 0) is 11.3 Å². The summed E-state index contributed by atoms with van der Waals surface area (Å²) in [6.45, 7) is 6.43. The largest absolute Gasteiger partial charge is 0.362 e. The van der Waals surface area contributed by atoms with Gasteiger partial charge in [-0.1, -0.05) is 0 Å². The van der Waals surface area contributed by atoms with Crippen molar-refractivity contribution in [3.8, 4) is 0 Å². The molecular formula is C14H19N5O. The number of pyridine rings is 1. The average Bonchev–Trinajstić information content (AvgIpc) is 2.89. The number of carbonyl (C=O) groups excluding carboxylic acids is 1. The highest BCUT2D eigenvalue weighted by Gasteiger charge is 2.10. The molecule has 2 N–H and O–H groups in total. The number of hydrogen-bond donors (Lipinski definition) is 2. The molecule has 0 radical (unpaired) electrons. The van der Waals surface area contributed by atoms with Crippen molar-refractivity contribution in [2.45, 2.75) is 33.4 Å². The first-order valence-corrected chi connectivity index (χ1v) is 6.62. The number of anilines is 2. The highest BCUT2D eigenvalue weighted by molar-refractivity contribution is 5.88. The maximum atomic E-state index is 10.9. The molecule has 2 aromatic rings. The van der Waals surface area contributed by atoms with Crippen molar-refractivity contribution in [1.29, 1.82) is 0 Å². The molecule has 6 nitrogen and oxygen atoms in total. The highest BCUT2D eigenvalue weighted by atomic mass is 16.1. The van der Waals surface area contributed by atoms with E-state index in [1.807, 2.05) is 22.9 Å². The Morgan fingerprint density at radius 3 is 2.80 bits per heavy atom. The van der Waals surface area contributed by atoms with Gasteiger partial charge < -0.3 is 10.6 Å². The Bertz CT molecular complexity index is 576. The lowest BCUT2D eigenvalue weighted by Gasteiger charge is -2.16. The second-order valence-electron chi connectivity index (χ2n) is 4.55. The summed E-state index contributed by atoms with van der Waals surface area (Å²) in [4.78, 5) is 15.2. The molecular weight excluding hydrogens is 254 g/mol. The van der Waals surface area contributed by atoms with E-state index < -0.39 is 0 Å². The molecule has 0 spiro atoms. The van der Waals surface area contributed by atoms with Crippen LogP contribution in [0.3, 0.4) is 0 Å². The summed E-state index contributed by atoms with van der Waals surface area (Å²) >= 11 is 0. The van der Waals surface area contributed by atoms with E-state index in [1.165, 1.54) is 6.92 Å². The Labute approximate surface area is 118 Å². The SMILES string of the molecule is CCn1nccc1C(C)Nc1ccc(NC(C)=O)cn1. The van der Waals surface area contributed by atoms with Crippen LogP contribution < -0.4 is 10.6 Å². The monoisotopic (exact) mass is 273 g/mol. The molecule has 0 aliphatic carbocycles. The maximum Gasteiger partial charge on any atom is 0.221 e. The van der Waals surface area contributed by atoms with E-state index in [2.05, 4.69) is 34.6 Å². The minimum Gasteiger partial charge on any atom is -0.362 e. The van der Waals surface area contributed by atoms with Gasteiger partial charge in [0.1, 0.15) is 5.82 Å². The summed E-state index contributed by atoms with van der Waals surface area (Å²) in [5, 5.41) is 10.3. The van der Waals surface area contributed by atoms with E-state index in [4.69, 9.17) is 0 Å². The minimum absolute atomic E-state index is 0.104. The van der Waals surface area contributed by atoms with Gasteiger partial charge in [0.2, 0.25) is 5.91 Å². The van der Waals surface area contributed by atoms with Crippen LogP contribution in [0.15, 0.2) is 30.6 Å². The Kier molecular flexibility index (Phi) is 4.34. The predicted octanol–water partition coefficient (Wildman–Crippen LogP) is 2.43. The number of hydrogen-bond acceptors (Lipinski definition) is 4. The first-order valence-electron chi connectivity index (χ1n) is 6.62. The first-order chi connectivity index (χ1) is 9.60. The third kappa shape index (κ3) is 3.34. The van der Waals surface area contributed by atoms with Crippen LogP contribution >= 0.6 is 0 Å². The molecule has 0 fully saturated rings. The fraction of sp³-hybridized carbons (Fsp3) is 0.357. The quantitative estimate of drug-likeness (QED) is 0.877. The maximum absolute atomic E-state index is 10.9. The normalized spacial score (nSPS) is 11.9. The molecule has 106 valence electrons. The van der Waals surface area contributed by atoms with Gasteiger partial charge in [0, 0.05) is 19.7 Å². The van der Waals surface area contributed by atoms with Gasteiger partial charge in [-0.25, -0.2) is 4.98 Å². The fourth-order valence-corrected chi connectivity index (χ4v) is 2.03. The number of nitrogens with zero attached hydrogens (tertiary/aromatic N) is 3. The smallest absolute Gasteiger partial charge is 0.221 e. The van der Waals surface area contributed by atoms with Crippen molar-refractivity contribution in [1.82, 2.24) is 14.8 Å². The number of carbonyl (C=O) groups is 1. The zero-order chi connectivity index (χ0) is 14.5. The molecule has 6 heteroatoms. The Hall–Kier alpha value is -2.37. The van der Waals surface area contributed by atoms with E-state index in [0.717, 1.165) is 18.1 Å². The number of amides is 1. The summed E-state index contributed by atoms with van der Waals surface area (Å²) < 4.78 is 1.95. The average molecular weight is 273 g/mol. The van der Waals surface area contributed by atoms with Crippen molar-refractivity contribution in [2.75, 3.05) is 10.6 Å². The molecule has 0 aliphatic rings. The lowest BCUT2D eigenvalue weighted by Crippen LogP contribution is -2.13. The van der Waals surface area contributed by atoms with E-state index in [9.17, 15) is 4.79 Å². The number of rotatable bonds is 5. The Morgan fingerprint density at radius 2 is 2.20 bits per heavy atom. The van der Waals surface area contributed by atoms with Crippen LogP contribution in [0.5, 0.6) is 0 Å². The number of nitrogens with one attached hydrogen (secondary N) is 2. The van der Waals surface area contributed by atoms with Crippen molar-refractivity contribution >= 4 is 17.4 Å². The molecule has 2 heterocycles. The van der Waals surface area contributed by atoms with Crippen molar-refractivity contribution in [3.63, 3.8) is 0 Å². The van der Waals surface area contributed by atoms with E-state index >= 15 is 0 Å². The van der Waals surface area contributed by atoms with Gasteiger partial charge in [0.25, 0.3) is 0 Å². The fourth-order valence-electron chi connectivity index (χ4n) is 2.03. The van der Waals surface area contributed by atoms with E-state index in [-0.39, 0.29) is 11.9 Å². The highest BCUT2D eigenvalue weighted by Crippen LogP contribution is 2.18. The summed E-state index contributed by atoms with van der Waals surface area (Å²) in [5.74, 6) is 0.656. The van der Waals surface area contributed by atoms with Gasteiger partial charge in [-0.2, -0.15) is 5.10 Å². The summed E-state index contributed by atoms with van der Waals surface area (Å²) in [5.41, 5.74) is 1.80. The molecule has 1 amide bonds. The van der Waals surface area contributed by atoms with E-state index in [0.29, 0.717) is 5.69 Å². The zero-order valence-corrected chi connectivity index (χ0v) is 11.9. The molecule has 1 atom stereocenters. The first kappa shape index (κ1) is 14.0. The predicted molar refractivity (Wildman–Crippen MR) is 78.5 cm³/mol.